The summed E-state index contributed by atoms with van der Waals surface area (Å²) < 4.78 is 6.02. The average Bonchev–Trinajstić information content (AvgIpc) is 3.04. The van der Waals surface area contributed by atoms with E-state index in [1.807, 2.05) is 11.9 Å². The molecular formula is C15H24N4O3. The van der Waals surface area contributed by atoms with Crippen LogP contribution in [0.2, 0.25) is 0 Å². The van der Waals surface area contributed by atoms with Crippen LogP contribution in [-0.2, 0) is 4.74 Å². The summed E-state index contributed by atoms with van der Waals surface area (Å²) in [5.41, 5.74) is -0.555. The number of ether oxygens (including phenoxy) is 1. The third-order valence-electron chi connectivity index (χ3n) is 5.04. The predicted molar refractivity (Wildman–Crippen MR) is 80.5 cm³/mol. The van der Waals surface area contributed by atoms with E-state index >= 15 is 0 Å². The van der Waals surface area contributed by atoms with Gasteiger partial charge in [0.25, 0.3) is 5.91 Å². The minimum Gasteiger partial charge on any atom is -0.386 e. The number of likely N-dealkylation sites (tertiary alicyclic amines) is 1. The number of rotatable bonds is 2. The fourth-order valence-electron chi connectivity index (χ4n) is 3.47. The lowest BCUT2D eigenvalue weighted by Crippen LogP contribution is -2.62. The number of carbonyl (C=O) groups excluding carboxylic acids is 1. The molecule has 1 amide bonds. The number of likely N-dealkylation sites (N-methyl/N-ethyl adjacent to an activating group) is 1. The summed E-state index contributed by atoms with van der Waals surface area (Å²) in [5.74, 6) is -0.0136. The Hall–Kier alpha value is -1.44. The number of aromatic nitrogens is 2. The van der Waals surface area contributed by atoms with Gasteiger partial charge in [-0.25, -0.2) is 0 Å². The molecule has 0 saturated carbocycles. The number of aliphatic hydroxyl groups is 1. The van der Waals surface area contributed by atoms with E-state index in [1.165, 1.54) is 0 Å². The number of hydrogen-bond donors (Lipinski definition) is 3. The summed E-state index contributed by atoms with van der Waals surface area (Å²) in [6, 6.07) is 1.70. The number of carbonyl (C=O) groups is 1. The topological polar surface area (TPSA) is 90.5 Å². The molecule has 0 bridgehead atoms. The zero-order chi connectivity index (χ0) is 15.8. The summed E-state index contributed by atoms with van der Waals surface area (Å²) in [5, 5.41) is 20.1. The van der Waals surface area contributed by atoms with Gasteiger partial charge in [0.15, 0.2) is 0 Å². The van der Waals surface area contributed by atoms with Crippen molar-refractivity contribution >= 4 is 5.91 Å². The van der Waals surface area contributed by atoms with E-state index in [-0.39, 0.29) is 17.6 Å². The zero-order valence-electron chi connectivity index (χ0n) is 13.1. The number of piperidine rings is 1. The van der Waals surface area contributed by atoms with Crippen LogP contribution >= 0.6 is 0 Å². The zero-order valence-corrected chi connectivity index (χ0v) is 13.1. The Bertz CT molecular complexity index is 521. The molecule has 3 N–H and O–H groups in total. The molecule has 2 atom stereocenters. The quantitative estimate of drug-likeness (QED) is 0.723. The molecule has 2 aliphatic rings. The standard InChI is InChI=1S/C15H24N4O3/c1-14(21)10-22-15(9-12(14)16-2)4-7-19(8-5-15)13(20)11-3-6-17-18-11/h3,6,12,16,21H,4-5,7-10H2,1-2H3,(H,17,18)/t12-,14-/m0/s1. The molecule has 22 heavy (non-hydrogen) atoms. The van der Waals surface area contributed by atoms with Crippen molar-refractivity contribution in [3.63, 3.8) is 0 Å². The molecule has 0 radical (unpaired) electrons. The number of nitrogens with one attached hydrogen (secondary N) is 2. The second kappa shape index (κ2) is 5.64. The Balaban J connectivity index is 1.63. The summed E-state index contributed by atoms with van der Waals surface area (Å²) in [7, 11) is 1.87. The number of nitrogens with zero attached hydrogens (tertiary/aromatic N) is 2. The smallest absolute Gasteiger partial charge is 0.271 e. The van der Waals surface area contributed by atoms with Crippen LogP contribution in [0.3, 0.4) is 0 Å². The minimum absolute atomic E-state index is 0.0103. The Morgan fingerprint density at radius 3 is 2.86 bits per heavy atom. The Morgan fingerprint density at radius 2 is 2.27 bits per heavy atom. The van der Waals surface area contributed by atoms with Gasteiger partial charge in [-0.15, -0.1) is 0 Å². The molecule has 3 heterocycles. The second-order valence-corrected chi connectivity index (χ2v) is 6.64. The van der Waals surface area contributed by atoms with E-state index in [2.05, 4.69) is 15.5 Å². The fraction of sp³-hybridized carbons (Fsp3) is 0.733. The van der Waals surface area contributed by atoms with Crippen molar-refractivity contribution in [1.82, 2.24) is 20.4 Å². The third-order valence-corrected chi connectivity index (χ3v) is 5.04. The van der Waals surface area contributed by atoms with Gasteiger partial charge in [-0.2, -0.15) is 5.10 Å². The largest absolute Gasteiger partial charge is 0.386 e. The van der Waals surface area contributed by atoms with Gasteiger partial charge in [-0.05, 0) is 39.3 Å². The maximum Gasteiger partial charge on any atom is 0.271 e. The van der Waals surface area contributed by atoms with Gasteiger partial charge in [0, 0.05) is 25.3 Å². The first-order chi connectivity index (χ1) is 10.5. The number of hydrogen-bond acceptors (Lipinski definition) is 5. The molecule has 7 heteroatoms. The molecule has 0 aliphatic carbocycles. The molecule has 122 valence electrons. The molecule has 3 rings (SSSR count). The van der Waals surface area contributed by atoms with Crippen molar-refractivity contribution in [2.24, 2.45) is 0 Å². The first-order valence-corrected chi connectivity index (χ1v) is 7.78. The summed E-state index contributed by atoms with van der Waals surface area (Å²) in [6.07, 6.45) is 3.94. The predicted octanol–water partition coefficient (Wildman–Crippen LogP) is 0.144. The van der Waals surface area contributed by atoms with Crippen LogP contribution in [0, 0.1) is 0 Å². The van der Waals surface area contributed by atoms with Gasteiger partial charge in [0.2, 0.25) is 0 Å². The lowest BCUT2D eigenvalue weighted by atomic mass is 9.77. The van der Waals surface area contributed by atoms with Gasteiger partial charge >= 0.3 is 0 Å². The highest BCUT2D eigenvalue weighted by Crippen LogP contribution is 2.38. The van der Waals surface area contributed by atoms with Crippen molar-refractivity contribution in [3.05, 3.63) is 18.0 Å². The highest BCUT2D eigenvalue weighted by Gasteiger charge is 2.48. The van der Waals surface area contributed by atoms with Gasteiger partial charge < -0.3 is 20.1 Å². The molecule has 2 fully saturated rings. The molecule has 7 nitrogen and oxygen atoms in total. The van der Waals surface area contributed by atoms with E-state index in [9.17, 15) is 9.90 Å². The summed E-state index contributed by atoms with van der Waals surface area (Å²) in [6.45, 7) is 3.46. The summed E-state index contributed by atoms with van der Waals surface area (Å²) >= 11 is 0. The van der Waals surface area contributed by atoms with Crippen molar-refractivity contribution in [3.8, 4) is 0 Å². The maximum atomic E-state index is 12.3. The first kappa shape index (κ1) is 15.5. The van der Waals surface area contributed by atoms with Crippen LogP contribution < -0.4 is 5.32 Å². The highest BCUT2D eigenvalue weighted by atomic mass is 16.5. The molecule has 2 saturated heterocycles. The molecule has 0 aromatic carbocycles. The summed E-state index contributed by atoms with van der Waals surface area (Å²) in [4.78, 5) is 14.2. The Labute approximate surface area is 130 Å². The van der Waals surface area contributed by atoms with E-state index < -0.39 is 5.60 Å². The van der Waals surface area contributed by atoms with E-state index in [4.69, 9.17) is 4.74 Å². The van der Waals surface area contributed by atoms with Crippen LogP contribution in [0.25, 0.3) is 0 Å². The molecule has 1 aromatic rings. The van der Waals surface area contributed by atoms with Crippen molar-refractivity contribution in [2.45, 2.75) is 43.4 Å². The van der Waals surface area contributed by atoms with Crippen molar-refractivity contribution in [2.75, 3.05) is 26.7 Å². The Morgan fingerprint density at radius 1 is 1.55 bits per heavy atom. The van der Waals surface area contributed by atoms with Gasteiger partial charge in [-0.1, -0.05) is 0 Å². The highest BCUT2D eigenvalue weighted by molar-refractivity contribution is 5.92. The number of amides is 1. The number of H-pyrrole nitrogens is 1. The van der Waals surface area contributed by atoms with Crippen LogP contribution in [0.15, 0.2) is 12.3 Å². The lowest BCUT2D eigenvalue weighted by Gasteiger charge is -2.50. The lowest BCUT2D eigenvalue weighted by molar-refractivity contribution is -0.189. The fourth-order valence-corrected chi connectivity index (χ4v) is 3.47. The monoisotopic (exact) mass is 308 g/mol. The van der Waals surface area contributed by atoms with Gasteiger partial charge in [-0.3, -0.25) is 9.89 Å². The third kappa shape index (κ3) is 2.76. The molecule has 2 aliphatic heterocycles. The second-order valence-electron chi connectivity index (χ2n) is 6.64. The first-order valence-electron chi connectivity index (χ1n) is 7.78. The van der Waals surface area contributed by atoms with Gasteiger partial charge in [0.1, 0.15) is 11.3 Å². The normalized spacial score (nSPS) is 31.4. The van der Waals surface area contributed by atoms with E-state index in [0.717, 1.165) is 19.3 Å². The van der Waals surface area contributed by atoms with Crippen LogP contribution in [0.4, 0.5) is 0 Å². The Kier molecular flexibility index (Phi) is 3.96. The molecule has 0 unspecified atom stereocenters. The van der Waals surface area contributed by atoms with E-state index in [0.29, 0.717) is 25.4 Å². The van der Waals surface area contributed by atoms with Crippen LogP contribution in [0.1, 0.15) is 36.7 Å². The van der Waals surface area contributed by atoms with Crippen LogP contribution in [0.5, 0.6) is 0 Å². The van der Waals surface area contributed by atoms with Crippen LogP contribution in [-0.4, -0.2) is 70.1 Å². The maximum absolute atomic E-state index is 12.3. The average molecular weight is 308 g/mol. The number of aromatic amines is 1. The van der Waals surface area contributed by atoms with Gasteiger partial charge in [0.05, 0.1) is 12.2 Å². The molecule has 1 spiro atoms. The van der Waals surface area contributed by atoms with Crippen molar-refractivity contribution < 1.29 is 14.6 Å². The van der Waals surface area contributed by atoms with Crippen molar-refractivity contribution in [1.29, 1.82) is 0 Å². The molecule has 1 aromatic heterocycles. The minimum atomic E-state index is -0.844. The SMILES string of the molecule is CN[C@H]1CC2(CCN(C(=O)c3ccn[nH]3)CC2)OC[C@]1(C)O. The van der Waals surface area contributed by atoms with E-state index in [1.54, 1.807) is 19.2 Å². The molecular weight excluding hydrogens is 284 g/mol.